The van der Waals surface area contributed by atoms with Gasteiger partial charge in [0.2, 0.25) is 5.91 Å². The molecule has 1 amide bonds. The predicted molar refractivity (Wildman–Crippen MR) is 75.9 cm³/mol. The number of aliphatic hydroxyl groups excluding tert-OH is 1. The Kier molecular flexibility index (Phi) is 5.64. The maximum Gasteiger partial charge on any atom is 0.223 e. The first-order chi connectivity index (χ1) is 9.24. The van der Waals surface area contributed by atoms with Crippen molar-refractivity contribution in [2.75, 3.05) is 32.8 Å². The van der Waals surface area contributed by atoms with Crippen LogP contribution in [0.15, 0.2) is 0 Å². The van der Waals surface area contributed by atoms with Crippen molar-refractivity contribution in [3.8, 4) is 0 Å². The molecule has 0 saturated carbocycles. The number of piperidine rings is 1. The molecule has 2 aliphatic rings. The summed E-state index contributed by atoms with van der Waals surface area (Å²) in [6.45, 7) is 6.63. The highest BCUT2D eigenvalue weighted by Gasteiger charge is 2.35. The monoisotopic (exact) mass is 268 g/mol. The van der Waals surface area contributed by atoms with E-state index < -0.39 is 0 Å². The second-order valence-corrected chi connectivity index (χ2v) is 6.08. The van der Waals surface area contributed by atoms with Gasteiger partial charge in [0.15, 0.2) is 0 Å². The van der Waals surface area contributed by atoms with Crippen LogP contribution in [0.5, 0.6) is 0 Å². The number of amides is 1. The van der Waals surface area contributed by atoms with Gasteiger partial charge in [-0.25, -0.2) is 0 Å². The Balaban J connectivity index is 1.72. The second-order valence-electron chi connectivity index (χ2n) is 6.08. The van der Waals surface area contributed by atoms with Crippen molar-refractivity contribution in [1.82, 2.24) is 9.80 Å². The van der Waals surface area contributed by atoms with E-state index in [2.05, 4.69) is 11.8 Å². The molecule has 1 unspecified atom stereocenters. The van der Waals surface area contributed by atoms with Crippen LogP contribution in [-0.2, 0) is 4.79 Å². The molecule has 2 fully saturated rings. The van der Waals surface area contributed by atoms with Crippen LogP contribution in [0.4, 0.5) is 0 Å². The van der Waals surface area contributed by atoms with Gasteiger partial charge in [-0.2, -0.15) is 0 Å². The molecule has 2 heterocycles. The smallest absolute Gasteiger partial charge is 0.223 e. The first-order valence-corrected chi connectivity index (χ1v) is 7.87. The average Bonchev–Trinajstić information content (AvgIpc) is 2.81. The van der Waals surface area contributed by atoms with E-state index >= 15 is 0 Å². The first kappa shape index (κ1) is 14.8. The average molecular weight is 268 g/mol. The maximum atomic E-state index is 11.9. The van der Waals surface area contributed by atoms with Crippen LogP contribution in [0.2, 0.25) is 0 Å². The molecule has 0 aromatic carbocycles. The number of carbonyl (C=O) groups is 1. The lowest BCUT2D eigenvalue weighted by atomic mass is 10.0. The Hall–Kier alpha value is -0.610. The number of unbranched alkanes of at least 4 members (excludes halogenated alkanes) is 2. The summed E-state index contributed by atoms with van der Waals surface area (Å²) in [7, 11) is 0. The Morgan fingerprint density at radius 1 is 1.26 bits per heavy atom. The molecule has 4 nitrogen and oxygen atoms in total. The lowest BCUT2D eigenvalue weighted by Gasteiger charge is -2.36. The third kappa shape index (κ3) is 3.93. The second kappa shape index (κ2) is 7.25. The molecule has 2 aliphatic heterocycles. The van der Waals surface area contributed by atoms with Gasteiger partial charge in [0.1, 0.15) is 0 Å². The number of aliphatic hydroxyl groups is 1. The quantitative estimate of drug-likeness (QED) is 0.742. The van der Waals surface area contributed by atoms with E-state index in [1.807, 2.05) is 4.90 Å². The highest BCUT2D eigenvalue weighted by molar-refractivity contribution is 5.79. The number of hydrogen-bond acceptors (Lipinski definition) is 3. The molecule has 110 valence electrons. The van der Waals surface area contributed by atoms with Crippen molar-refractivity contribution in [2.45, 2.75) is 51.5 Å². The Bertz CT molecular complexity index is 288. The van der Waals surface area contributed by atoms with Crippen molar-refractivity contribution < 1.29 is 9.90 Å². The number of carbonyl (C=O) groups excluding carboxylic acids is 1. The summed E-state index contributed by atoms with van der Waals surface area (Å²) in [5.41, 5.74) is 0. The lowest BCUT2D eigenvalue weighted by Crippen LogP contribution is -2.45. The van der Waals surface area contributed by atoms with Gasteiger partial charge in [0, 0.05) is 44.6 Å². The topological polar surface area (TPSA) is 43.8 Å². The van der Waals surface area contributed by atoms with Gasteiger partial charge < -0.3 is 14.9 Å². The summed E-state index contributed by atoms with van der Waals surface area (Å²) in [5.74, 6) is 0.429. The van der Waals surface area contributed by atoms with Gasteiger partial charge >= 0.3 is 0 Å². The van der Waals surface area contributed by atoms with Crippen LogP contribution in [0.3, 0.4) is 0 Å². The third-order valence-corrected chi connectivity index (χ3v) is 4.57. The number of hydrogen-bond donors (Lipinski definition) is 1. The zero-order valence-electron chi connectivity index (χ0n) is 12.2. The summed E-state index contributed by atoms with van der Waals surface area (Å²) in [4.78, 5) is 16.5. The SMILES string of the molecule is CCCCCN1CCC(N2CC(CO)CC2=O)CC1. The predicted octanol–water partition coefficient (Wildman–Crippen LogP) is 1.48. The van der Waals surface area contributed by atoms with Gasteiger partial charge in [0.05, 0.1) is 0 Å². The molecular weight excluding hydrogens is 240 g/mol. The van der Waals surface area contributed by atoms with E-state index in [-0.39, 0.29) is 18.4 Å². The maximum absolute atomic E-state index is 11.9. The zero-order valence-corrected chi connectivity index (χ0v) is 12.2. The molecule has 0 aromatic rings. The summed E-state index contributed by atoms with van der Waals surface area (Å²) < 4.78 is 0. The Morgan fingerprint density at radius 2 is 2.00 bits per heavy atom. The van der Waals surface area contributed by atoms with Gasteiger partial charge in [-0.3, -0.25) is 4.79 Å². The molecule has 0 spiro atoms. The number of nitrogens with zero attached hydrogens (tertiary/aromatic N) is 2. The molecule has 2 rings (SSSR count). The minimum absolute atomic E-state index is 0.151. The molecule has 1 N–H and O–H groups in total. The van der Waals surface area contributed by atoms with Crippen LogP contribution >= 0.6 is 0 Å². The van der Waals surface area contributed by atoms with Crippen LogP contribution in [0.1, 0.15) is 45.4 Å². The minimum Gasteiger partial charge on any atom is -0.396 e. The van der Waals surface area contributed by atoms with Gasteiger partial charge in [0.25, 0.3) is 0 Å². The summed E-state index contributed by atoms with van der Waals surface area (Å²) >= 11 is 0. The van der Waals surface area contributed by atoms with E-state index in [0.29, 0.717) is 12.5 Å². The van der Waals surface area contributed by atoms with E-state index in [9.17, 15) is 9.90 Å². The Labute approximate surface area is 116 Å². The van der Waals surface area contributed by atoms with Crippen LogP contribution in [0, 0.1) is 5.92 Å². The highest BCUT2D eigenvalue weighted by atomic mass is 16.3. The number of likely N-dealkylation sites (tertiary alicyclic amines) is 2. The van der Waals surface area contributed by atoms with Crippen LogP contribution in [-0.4, -0.2) is 59.6 Å². The van der Waals surface area contributed by atoms with Crippen molar-refractivity contribution in [3.63, 3.8) is 0 Å². The lowest BCUT2D eigenvalue weighted by molar-refractivity contribution is -0.130. The zero-order chi connectivity index (χ0) is 13.7. The standard InChI is InChI=1S/C15H28N2O2/c1-2-3-4-7-16-8-5-14(6-9-16)17-11-13(12-18)10-15(17)19/h13-14,18H,2-12H2,1H3. The highest BCUT2D eigenvalue weighted by Crippen LogP contribution is 2.25. The normalized spacial score (nSPS) is 26.3. The number of rotatable bonds is 6. The Morgan fingerprint density at radius 3 is 2.58 bits per heavy atom. The molecule has 0 bridgehead atoms. The van der Waals surface area contributed by atoms with E-state index in [0.717, 1.165) is 32.5 Å². The van der Waals surface area contributed by atoms with E-state index in [1.165, 1.54) is 25.8 Å². The third-order valence-electron chi connectivity index (χ3n) is 4.57. The first-order valence-electron chi connectivity index (χ1n) is 7.87. The molecule has 4 heteroatoms. The molecular formula is C15H28N2O2. The molecule has 1 atom stereocenters. The van der Waals surface area contributed by atoms with Crippen molar-refractivity contribution in [1.29, 1.82) is 0 Å². The van der Waals surface area contributed by atoms with Crippen molar-refractivity contribution >= 4 is 5.91 Å². The van der Waals surface area contributed by atoms with E-state index in [4.69, 9.17) is 0 Å². The molecule has 0 radical (unpaired) electrons. The fourth-order valence-electron chi connectivity index (χ4n) is 3.32. The van der Waals surface area contributed by atoms with Crippen molar-refractivity contribution in [3.05, 3.63) is 0 Å². The van der Waals surface area contributed by atoms with E-state index in [1.54, 1.807) is 0 Å². The van der Waals surface area contributed by atoms with Crippen molar-refractivity contribution in [2.24, 2.45) is 5.92 Å². The summed E-state index contributed by atoms with van der Waals surface area (Å²) in [6.07, 6.45) is 6.67. The summed E-state index contributed by atoms with van der Waals surface area (Å²) in [5, 5.41) is 9.18. The summed E-state index contributed by atoms with van der Waals surface area (Å²) in [6, 6.07) is 0.423. The van der Waals surface area contributed by atoms with Gasteiger partial charge in [-0.15, -0.1) is 0 Å². The molecule has 0 aliphatic carbocycles. The van der Waals surface area contributed by atoms with Gasteiger partial charge in [-0.1, -0.05) is 19.8 Å². The fourth-order valence-corrected chi connectivity index (χ4v) is 3.32. The molecule has 19 heavy (non-hydrogen) atoms. The van der Waals surface area contributed by atoms with Crippen LogP contribution in [0.25, 0.3) is 0 Å². The molecule has 0 aromatic heterocycles. The van der Waals surface area contributed by atoms with Gasteiger partial charge in [-0.05, 0) is 25.8 Å². The fraction of sp³-hybridized carbons (Fsp3) is 0.933. The van der Waals surface area contributed by atoms with Crippen LogP contribution < -0.4 is 0 Å². The minimum atomic E-state index is 0.151. The largest absolute Gasteiger partial charge is 0.396 e. The molecule has 2 saturated heterocycles.